The zero-order chi connectivity index (χ0) is 19.0. The molecule has 5 nitrogen and oxygen atoms in total. The number of likely N-dealkylation sites (N-methyl/N-ethyl adjacent to an activating group) is 1. The molecule has 0 bridgehead atoms. The highest BCUT2D eigenvalue weighted by Crippen LogP contribution is 2.38. The average Bonchev–Trinajstić information content (AvgIpc) is 2.53. The molecular formula is C17H18F3NO4. The third-order valence-electron chi connectivity index (χ3n) is 4.20. The molecule has 0 aliphatic carbocycles. The summed E-state index contributed by atoms with van der Waals surface area (Å²) in [5.41, 5.74) is -2.21. The first-order valence-corrected chi connectivity index (χ1v) is 7.56. The summed E-state index contributed by atoms with van der Waals surface area (Å²) in [7, 11) is 1.44. The maximum atomic E-state index is 12.7. The lowest BCUT2D eigenvalue weighted by molar-refractivity contribution is -0.143. The van der Waals surface area contributed by atoms with E-state index in [1.54, 1.807) is 13.8 Å². The summed E-state index contributed by atoms with van der Waals surface area (Å²) in [6.07, 6.45) is -4.48. The standard InChI is InChI=1S/C17H18F3NO4/c1-4-25-15(24)12-13(22)16(2,9-21(3)14(12)23)10-5-7-11(8-6-10)17(18,19)20/h5-8,22H,4,9H2,1-3H3. The van der Waals surface area contributed by atoms with Crippen molar-refractivity contribution in [3.8, 4) is 0 Å². The van der Waals surface area contributed by atoms with Crippen LogP contribution in [-0.4, -0.2) is 42.1 Å². The molecule has 1 amide bonds. The van der Waals surface area contributed by atoms with E-state index in [4.69, 9.17) is 4.74 Å². The number of benzene rings is 1. The smallest absolute Gasteiger partial charge is 0.416 e. The minimum Gasteiger partial charge on any atom is -0.510 e. The average molecular weight is 357 g/mol. The molecule has 1 unspecified atom stereocenters. The van der Waals surface area contributed by atoms with Crippen LogP contribution in [0.2, 0.25) is 0 Å². The normalized spacial score (nSPS) is 21.5. The topological polar surface area (TPSA) is 66.8 Å². The number of halogens is 3. The fourth-order valence-electron chi connectivity index (χ4n) is 2.83. The third-order valence-corrected chi connectivity index (χ3v) is 4.20. The van der Waals surface area contributed by atoms with E-state index in [2.05, 4.69) is 0 Å². The Balaban J connectivity index is 2.54. The number of esters is 1. The Kier molecular flexibility index (Phi) is 4.83. The van der Waals surface area contributed by atoms with E-state index in [1.165, 1.54) is 24.1 Å². The number of hydrogen-bond donors (Lipinski definition) is 1. The van der Waals surface area contributed by atoms with E-state index in [0.717, 1.165) is 12.1 Å². The van der Waals surface area contributed by atoms with Crippen molar-refractivity contribution in [3.63, 3.8) is 0 Å². The van der Waals surface area contributed by atoms with Crippen molar-refractivity contribution < 1.29 is 32.6 Å². The van der Waals surface area contributed by atoms with Crippen molar-refractivity contribution in [1.82, 2.24) is 4.90 Å². The molecule has 1 N–H and O–H groups in total. The highest BCUT2D eigenvalue weighted by Gasteiger charge is 2.45. The van der Waals surface area contributed by atoms with Crippen molar-refractivity contribution in [2.75, 3.05) is 20.2 Å². The van der Waals surface area contributed by atoms with Gasteiger partial charge in [0.15, 0.2) is 5.57 Å². The second kappa shape index (κ2) is 6.42. The zero-order valence-corrected chi connectivity index (χ0v) is 14.0. The summed E-state index contributed by atoms with van der Waals surface area (Å²) < 4.78 is 43.0. The van der Waals surface area contributed by atoms with Crippen LogP contribution < -0.4 is 0 Å². The van der Waals surface area contributed by atoms with Gasteiger partial charge in [0.25, 0.3) is 5.91 Å². The van der Waals surface area contributed by atoms with Crippen LogP contribution in [0.15, 0.2) is 35.6 Å². The van der Waals surface area contributed by atoms with Gasteiger partial charge in [-0.1, -0.05) is 12.1 Å². The number of ether oxygens (including phenoxy) is 1. The maximum absolute atomic E-state index is 12.7. The molecule has 136 valence electrons. The number of alkyl halides is 3. The second-order valence-electron chi connectivity index (χ2n) is 6.01. The van der Waals surface area contributed by atoms with Crippen LogP contribution in [-0.2, 0) is 25.9 Å². The molecular weight excluding hydrogens is 339 g/mol. The minimum absolute atomic E-state index is 0.00589. The minimum atomic E-state index is -4.48. The largest absolute Gasteiger partial charge is 0.510 e. The summed E-state index contributed by atoms with van der Waals surface area (Å²) in [6.45, 7) is 3.13. The predicted octanol–water partition coefficient (Wildman–Crippen LogP) is 2.81. The van der Waals surface area contributed by atoms with Crippen LogP contribution in [0, 0.1) is 0 Å². The van der Waals surface area contributed by atoms with E-state index in [1.807, 2.05) is 0 Å². The van der Waals surface area contributed by atoms with Gasteiger partial charge >= 0.3 is 12.1 Å². The summed E-state index contributed by atoms with van der Waals surface area (Å²) in [5.74, 6) is -2.16. The molecule has 8 heteroatoms. The Morgan fingerprint density at radius 1 is 1.32 bits per heavy atom. The van der Waals surface area contributed by atoms with Gasteiger partial charge in [0.1, 0.15) is 5.76 Å². The number of carbonyl (C=O) groups is 2. The fourth-order valence-corrected chi connectivity index (χ4v) is 2.83. The van der Waals surface area contributed by atoms with Crippen LogP contribution in [0.4, 0.5) is 13.2 Å². The lowest BCUT2D eigenvalue weighted by atomic mass is 9.76. The summed E-state index contributed by atoms with van der Waals surface area (Å²) in [6, 6.07) is 4.25. The first-order chi connectivity index (χ1) is 11.5. The molecule has 1 aromatic carbocycles. The van der Waals surface area contributed by atoms with Crippen LogP contribution in [0.25, 0.3) is 0 Å². The lowest BCUT2D eigenvalue weighted by Gasteiger charge is -2.38. The summed E-state index contributed by atoms with van der Waals surface area (Å²) >= 11 is 0. The van der Waals surface area contributed by atoms with Gasteiger partial charge in [-0.2, -0.15) is 13.2 Å². The number of aliphatic hydroxyl groups excluding tert-OH is 1. The quantitative estimate of drug-likeness (QED) is 0.667. The van der Waals surface area contributed by atoms with E-state index in [-0.39, 0.29) is 13.2 Å². The molecule has 1 atom stereocenters. The zero-order valence-electron chi connectivity index (χ0n) is 14.0. The predicted molar refractivity (Wildman–Crippen MR) is 82.7 cm³/mol. The molecule has 1 aliphatic heterocycles. The summed E-state index contributed by atoms with van der Waals surface area (Å²) in [4.78, 5) is 25.5. The molecule has 1 heterocycles. The molecule has 0 aromatic heterocycles. The molecule has 1 aliphatic rings. The monoisotopic (exact) mass is 357 g/mol. The highest BCUT2D eigenvalue weighted by atomic mass is 19.4. The molecule has 0 saturated heterocycles. The highest BCUT2D eigenvalue weighted by molar-refractivity contribution is 6.17. The molecule has 0 spiro atoms. The van der Waals surface area contributed by atoms with Crippen molar-refractivity contribution >= 4 is 11.9 Å². The van der Waals surface area contributed by atoms with Gasteiger partial charge in [0, 0.05) is 13.6 Å². The number of aliphatic hydroxyl groups is 1. The Hall–Kier alpha value is -2.51. The Morgan fingerprint density at radius 3 is 2.36 bits per heavy atom. The van der Waals surface area contributed by atoms with E-state index >= 15 is 0 Å². The Morgan fingerprint density at radius 2 is 1.88 bits per heavy atom. The van der Waals surface area contributed by atoms with Gasteiger partial charge in [-0.05, 0) is 31.5 Å². The molecule has 0 radical (unpaired) electrons. The molecule has 0 saturated carbocycles. The van der Waals surface area contributed by atoms with E-state index in [9.17, 15) is 27.9 Å². The van der Waals surface area contributed by atoms with E-state index in [0.29, 0.717) is 5.56 Å². The molecule has 2 rings (SSSR count). The van der Waals surface area contributed by atoms with Gasteiger partial charge in [-0.15, -0.1) is 0 Å². The Labute approximate surface area is 142 Å². The first-order valence-electron chi connectivity index (χ1n) is 7.56. The van der Waals surface area contributed by atoms with Crippen molar-refractivity contribution in [1.29, 1.82) is 0 Å². The fraction of sp³-hybridized carbons (Fsp3) is 0.412. The van der Waals surface area contributed by atoms with Crippen LogP contribution in [0.1, 0.15) is 25.0 Å². The van der Waals surface area contributed by atoms with Gasteiger partial charge in [0.05, 0.1) is 17.6 Å². The molecule has 1 aromatic rings. The Bertz CT molecular complexity index is 724. The number of rotatable bonds is 3. The summed E-state index contributed by atoms with van der Waals surface area (Å²) in [5, 5.41) is 10.6. The van der Waals surface area contributed by atoms with Gasteiger partial charge in [-0.25, -0.2) is 4.79 Å². The van der Waals surface area contributed by atoms with Gasteiger partial charge in [0.2, 0.25) is 0 Å². The van der Waals surface area contributed by atoms with Crippen LogP contribution in [0.5, 0.6) is 0 Å². The second-order valence-corrected chi connectivity index (χ2v) is 6.01. The maximum Gasteiger partial charge on any atom is 0.416 e. The van der Waals surface area contributed by atoms with Gasteiger partial charge < -0.3 is 14.7 Å². The van der Waals surface area contributed by atoms with Gasteiger partial charge in [-0.3, -0.25) is 4.79 Å². The first kappa shape index (κ1) is 18.8. The molecule has 0 fully saturated rings. The SMILES string of the molecule is CCOC(=O)C1=C(O)C(C)(c2ccc(C(F)(F)F)cc2)CN(C)C1=O. The van der Waals surface area contributed by atoms with Crippen molar-refractivity contribution in [2.45, 2.75) is 25.4 Å². The number of carbonyl (C=O) groups excluding carboxylic acids is 2. The molecule has 25 heavy (non-hydrogen) atoms. The van der Waals surface area contributed by atoms with Crippen molar-refractivity contribution in [2.24, 2.45) is 0 Å². The van der Waals surface area contributed by atoms with E-state index < -0.39 is 40.4 Å². The van der Waals surface area contributed by atoms with Crippen LogP contribution in [0.3, 0.4) is 0 Å². The number of nitrogens with zero attached hydrogens (tertiary/aromatic N) is 1. The van der Waals surface area contributed by atoms with Crippen molar-refractivity contribution in [3.05, 3.63) is 46.7 Å². The lowest BCUT2D eigenvalue weighted by Crippen LogP contribution is -2.49. The number of amides is 1. The van der Waals surface area contributed by atoms with Crippen LogP contribution >= 0.6 is 0 Å². The third kappa shape index (κ3) is 3.33. The number of hydrogen-bond acceptors (Lipinski definition) is 4.